The average molecular weight is 187 g/mol. The Morgan fingerprint density at radius 2 is 2.36 bits per heavy atom. The fourth-order valence-electron chi connectivity index (χ4n) is 1.11. The van der Waals surface area contributed by atoms with Crippen LogP contribution in [-0.2, 0) is 0 Å². The molecule has 0 spiro atoms. The van der Waals surface area contributed by atoms with Crippen LogP contribution in [0.15, 0.2) is 42.7 Å². The van der Waals surface area contributed by atoms with Crippen LogP contribution in [0.5, 0.6) is 0 Å². The molecule has 0 aliphatic rings. The van der Waals surface area contributed by atoms with Gasteiger partial charge in [-0.15, -0.1) is 0 Å². The highest BCUT2D eigenvalue weighted by Gasteiger charge is 2.06. The van der Waals surface area contributed by atoms with E-state index in [0.717, 1.165) is 11.1 Å². The summed E-state index contributed by atoms with van der Waals surface area (Å²) in [5, 5.41) is 0. The summed E-state index contributed by atoms with van der Waals surface area (Å²) < 4.78 is 0. The third-order valence-corrected chi connectivity index (χ3v) is 1.74. The fraction of sp³-hybridized carbons (Fsp3) is 0.0909. The maximum absolute atomic E-state index is 5.72. The van der Waals surface area contributed by atoms with Gasteiger partial charge in [0.25, 0.3) is 0 Å². The molecule has 3 heteroatoms. The van der Waals surface area contributed by atoms with Gasteiger partial charge in [-0.2, -0.15) is 0 Å². The molecule has 1 aromatic rings. The largest absolute Gasteiger partial charge is 0.382 e. The van der Waals surface area contributed by atoms with Gasteiger partial charge in [-0.25, -0.2) is 4.99 Å². The summed E-state index contributed by atoms with van der Waals surface area (Å²) in [4.78, 5) is 8.05. The molecule has 0 atom stereocenters. The fourth-order valence-corrected chi connectivity index (χ4v) is 1.11. The molecule has 0 amide bonds. The van der Waals surface area contributed by atoms with Crippen molar-refractivity contribution in [2.24, 2.45) is 10.7 Å². The maximum Gasteiger partial charge on any atom is 0.149 e. The molecular weight excluding hydrogens is 174 g/mol. The zero-order valence-electron chi connectivity index (χ0n) is 8.20. The second-order valence-corrected chi connectivity index (χ2v) is 2.88. The molecule has 0 fully saturated rings. The van der Waals surface area contributed by atoms with Crippen molar-refractivity contribution in [3.8, 4) is 0 Å². The molecule has 1 heterocycles. The summed E-state index contributed by atoms with van der Waals surface area (Å²) in [7, 11) is 0. The van der Waals surface area contributed by atoms with E-state index in [9.17, 15) is 0 Å². The molecule has 0 aliphatic heterocycles. The molecule has 0 bridgehead atoms. The molecule has 0 unspecified atom stereocenters. The maximum atomic E-state index is 5.72. The van der Waals surface area contributed by atoms with E-state index in [1.807, 2.05) is 19.1 Å². The Morgan fingerprint density at radius 1 is 1.64 bits per heavy atom. The van der Waals surface area contributed by atoms with E-state index in [1.54, 1.807) is 6.20 Å². The van der Waals surface area contributed by atoms with Crippen molar-refractivity contribution in [3.63, 3.8) is 0 Å². The zero-order chi connectivity index (χ0) is 10.6. The van der Waals surface area contributed by atoms with E-state index >= 15 is 0 Å². The highest BCUT2D eigenvalue weighted by atomic mass is 14.9. The van der Waals surface area contributed by atoms with Crippen LogP contribution in [-0.4, -0.2) is 10.8 Å². The van der Waals surface area contributed by atoms with Crippen molar-refractivity contribution in [1.82, 2.24) is 4.98 Å². The lowest BCUT2D eigenvalue weighted by molar-refractivity contribution is 1.25. The van der Waals surface area contributed by atoms with Crippen molar-refractivity contribution in [2.75, 3.05) is 0 Å². The Balaban J connectivity index is 3.26. The standard InChI is InChI=1S/C11H13N3/c1-4-13-11(12)10-9(8(2)3)6-5-7-14-10/h4-7H,1-2H2,3H3,(H2,12,13). The molecule has 0 aliphatic carbocycles. The SMILES string of the molecule is C=CN=C(N)c1ncccc1C(=C)C. The van der Waals surface area contributed by atoms with Crippen molar-refractivity contribution < 1.29 is 0 Å². The molecule has 1 aromatic heterocycles. The quantitative estimate of drug-likeness (QED) is 0.581. The summed E-state index contributed by atoms with van der Waals surface area (Å²) in [6.07, 6.45) is 3.07. The highest BCUT2D eigenvalue weighted by Crippen LogP contribution is 2.14. The monoisotopic (exact) mass is 187 g/mol. The summed E-state index contributed by atoms with van der Waals surface area (Å²) in [6.45, 7) is 9.24. The number of allylic oxidation sites excluding steroid dienone is 1. The number of pyridine rings is 1. The van der Waals surface area contributed by atoms with Crippen LogP contribution in [0.25, 0.3) is 5.57 Å². The predicted molar refractivity (Wildman–Crippen MR) is 59.9 cm³/mol. The van der Waals surface area contributed by atoms with Gasteiger partial charge < -0.3 is 5.73 Å². The number of aliphatic imine (C=N–C) groups is 1. The minimum Gasteiger partial charge on any atom is -0.382 e. The van der Waals surface area contributed by atoms with Crippen LogP contribution in [0.3, 0.4) is 0 Å². The van der Waals surface area contributed by atoms with Crippen molar-refractivity contribution >= 4 is 11.4 Å². The Morgan fingerprint density at radius 3 is 2.93 bits per heavy atom. The molecule has 0 saturated carbocycles. The molecular formula is C11H13N3. The normalized spacial score (nSPS) is 11.1. The van der Waals surface area contributed by atoms with E-state index < -0.39 is 0 Å². The predicted octanol–water partition coefficient (Wildman–Crippen LogP) is 1.96. The number of nitrogens with two attached hydrogens (primary N) is 1. The second kappa shape index (κ2) is 4.37. The van der Waals surface area contributed by atoms with Crippen LogP contribution in [0.1, 0.15) is 18.2 Å². The van der Waals surface area contributed by atoms with Crippen LogP contribution in [0, 0.1) is 0 Å². The van der Waals surface area contributed by atoms with E-state index in [1.165, 1.54) is 6.20 Å². The summed E-state index contributed by atoms with van der Waals surface area (Å²) in [6, 6.07) is 3.75. The lowest BCUT2D eigenvalue weighted by atomic mass is 10.1. The molecule has 3 nitrogen and oxygen atoms in total. The molecule has 1 rings (SSSR count). The summed E-state index contributed by atoms with van der Waals surface area (Å²) in [5.41, 5.74) is 8.20. The van der Waals surface area contributed by atoms with Crippen molar-refractivity contribution in [2.45, 2.75) is 6.92 Å². The first kappa shape index (κ1) is 10.2. The number of hydrogen-bond donors (Lipinski definition) is 1. The Hall–Kier alpha value is -1.90. The Labute approximate surface area is 83.7 Å². The van der Waals surface area contributed by atoms with Gasteiger partial charge >= 0.3 is 0 Å². The minimum absolute atomic E-state index is 0.360. The van der Waals surface area contributed by atoms with Gasteiger partial charge in [-0.3, -0.25) is 4.98 Å². The van der Waals surface area contributed by atoms with Gasteiger partial charge in [0.1, 0.15) is 11.5 Å². The minimum atomic E-state index is 0.360. The van der Waals surface area contributed by atoms with Crippen molar-refractivity contribution in [3.05, 3.63) is 48.9 Å². The first-order chi connectivity index (χ1) is 6.66. The summed E-state index contributed by atoms with van der Waals surface area (Å²) in [5.74, 6) is 0.360. The molecule has 0 radical (unpaired) electrons. The van der Waals surface area contributed by atoms with Crippen LogP contribution in [0.2, 0.25) is 0 Å². The van der Waals surface area contributed by atoms with Gasteiger partial charge in [0.15, 0.2) is 0 Å². The lowest BCUT2D eigenvalue weighted by Crippen LogP contribution is -2.16. The average Bonchev–Trinajstić information content (AvgIpc) is 2.18. The molecule has 14 heavy (non-hydrogen) atoms. The number of aromatic nitrogens is 1. The highest BCUT2D eigenvalue weighted by molar-refractivity contribution is 6.00. The zero-order valence-corrected chi connectivity index (χ0v) is 8.20. The van der Waals surface area contributed by atoms with Gasteiger partial charge in [0, 0.05) is 18.0 Å². The topological polar surface area (TPSA) is 51.3 Å². The molecule has 2 N–H and O–H groups in total. The first-order valence-corrected chi connectivity index (χ1v) is 4.22. The van der Waals surface area contributed by atoms with Gasteiger partial charge in [-0.05, 0) is 18.6 Å². The van der Waals surface area contributed by atoms with Crippen LogP contribution in [0.4, 0.5) is 0 Å². The third-order valence-electron chi connectivity index (χ3n) is 1.74. The molecule has 0 aromatic carbocycles. The van der Waals surface area contributed by atoms with E-state index in [-0.39, 0.29) is 0 Å². The van der Waals surface area contributed by atoms with Gasteiger partial charge in [-0.1, -0.05) is 19.2 Å². The van der Waals surface area contributed by atoms with Crippen molar-refractivity contribution in [1.29, 1.82) is 0 Å². The van der Waals surface area contributed by atoms with Crippen LogP contribution < -0.4 is 5.73 Å². The van der Waals surface area contributed by atoms with E-state index in [2.05, 4.69) is 23.1 Å². The number of rotatable bonds is 3. The van der Waals surface area contributed by atoms with Crippen LogP contribution >= 0.6 is 0 Å². The smallest absolute Gasteiger partial charge is 0.149 e. The number of hydrogen-bond acceptors (Lipinski definition) is 2. The first-order valence-electron chi connectivity index (χ1n) is 4.22. The Kier molecular flexibility index (Phi) is 3.18. The number of amidine groups is 1. The second-order valence-electron chi connectivity index (χ2n) is 2.88. The van der Waals surface area contributed by atoms with E-state index in [0.29, 0.717) is 11.5 Å². The lowest BCUT2D eigenvalue weighted by Gasteiger charge is -2.06. The third kappa shape index (κ3) is 2.07. The molecule has 0 saturated heterocycles. The van der Waals surface area contributed by atoms with Gasteiger partial charge in [0.05, 0.1) is 0 Å². The van der Waals surface area contributed by atoms with Gasteiger partial charge in [0.2, 0.25) is 0 Å². The summed E-state index contributed by atoms with van der Waals surface area (Å²) >= 11 is 0. The van der Waals surface area contributed by atoms with E-state index in [4.69, 9.17) is 5.73 Å². The number of nitrogens with zero attached hydrogens (tertiary/aromatic N) is 2. The molecule has 72 valence electrons. The Bertz CT molecular complexity index is 391.